The van der Waals surface area contributed by atoms with E-state index in [2.05, 4.69) is 19.6 Å². The Balaban J connectivity index is 1.67. The van der Waals surface area contributed by atoms with Gasteiger partial charge in [0.15, 0.2) is 0 Å². The molecule has 2 aliphatic rings. The summed E-state index contributed by atoms with van der Waals surface area (Å²) in [6.07, 6.45) is 2.99. The Labute approximate surface area is 98.6 Å². The van der Waals surface area contributed by atoms with E-state index in [0.29, 0.717) is 16.9 Å². The summed E-state index contributed by atoms with van der Waals surface area (Å²) in [4.78, 5) is 21.6. The number of nitrogens with zero attached hydrogens (tertiary/aromatic N) is 3. The fourth-order valence-corrected chi connectivity index (χ4v) is 2.19. The van der Waals surface area contributed by atoms with Crippen molar-refractivity contribution >= 4 is 11.9 Å². The SMILES string of the molecule is COC(=O)c1cnc(N2CC3(COC3)C2)nc1. The standard InChI is InChI=1S/C11H13N3O3/c1-16-9(15)8-2-12-10(13-3-8)14-4-11(5-14)6-17-7-11/h2-3H,4-7H2,1H3. The zero-order valence-corrected chi connectivity index (χ0v) is 9.55. The normalized spacial score (nSPS) is 20.6. The van der Waals surface area contributed by atoms with Gasteiger partial charge in [-0.1, -0.05) is 0 Å². The lowest BCUT2D eigenvalue weighted by Gasteiger charge is -2.54. The molecule has 0 radical (unpaired) electrons. The first-order valence-corrected chi connectivity index (χ1v) is 5.46. The van der Waals surface area contributed by atoms with E-state index < -0.39 is 5.97 Å². The summed E-state index contributed by atoms with van der Waals surface area (Å²) in [6, 6.07) is 0. The van der Waals surface area contributed by atoms with Crippen LogP contribution in [0, 0.1) is 5.41 Å². The first-order chi connectivity index (χ1) is 8.22. The summed E-state index contributed by atoms with van der Waals surface area (Å²) in [6.45, 7) is 3.54. The molecule has 0 N–H and O–H groups in total. The molecular weight excluding hydrogens is 222 g/mol. The molecule has 1 aromatic rings. The molecule has 2 aliphatic heterocycles. The second-order valence-corrected chi connectivity index (χ2v) is 4.61. The summed E-state index contributed by atoms with van der Waals surface area (Å²) < 4.78 is 9.79. The molecule has 1 aromatic heterocycles. The number of esters is 1. The molecule has 17 heavy (non-hydrogen) atoms. The summed E-state index contributed by atoms with van der Waals surface area (Å²) >= 11 is 0. The number of methoxy groups -OCH3 is 1. The maximum absolute atomic E-state index is 11.2. The average Bonchev–Trinajstić information content (AvgIpc) is 2.25. The van der Waals surface area contributed by atoms with Gasteiger partial charge in [-0.15, -0.1) is 0 Å². The lowest BCUT2D eigenvalue weighted by atomic mass is 9.78. The van der Waals surface area contributed by atoms with Crippen molar-refractivity contribution in [1.29, 1.82) is 0 Å². The molecule has 0 aromatic carbocycles. The van der Waals surface area contributed by atoms with Gasteiger partial charge in [0.2, 0.25) is 5.95 Å². The van der Waals surface area contributed by atoms with Crippen LogP contribution in [0.2, 0.25) is 0 Å². The van der Waals surface area contributed by atoms with Crippen LogP contribution in [0.25, 0.3) is 0 Å². The van der Waals surface area contributed by atoms with Gasteiger partial charge >= 0.3 is 5.97 Å². The fraction of sp³-hybridized carbons (Fsp3) is 0.545. The van der Waals surface area contributed by atoms with E-state index in [1.54, 1.807) is 0 Å². The fourth-order valence-electron chi connectivity index (χ4n) is 2.19. The minimum absolute atomic E-state index is 0.338. The highest BCUT2D eigenvalue weighted by Crippen LogP contribution is 2.38. The Morgan fingerprint density at radius 1 is 1.41 bits per heavy atom. The maximum atomic E-state index is 11.2. The van der Waals surface area contributed by atoms with Crippen molar-refractivity contribution in [3.63, 3.8) is 0 Å². The van der Waals surface area contributed by atoms with E-state index >= 15 is 0 Å². The number of aromatic nitrogens is 2. The minimum Gasteiger partial charge on any atom is -0.465 e. The number of carbonyl (C=O) groups is 1. The highest BCUT2D eigenvalue weighted by Gasteiger charge is 2.49. The van der Waals surface area contributed by atoms with Gasteiger partial charge in [0.25, 0.3) is 0 Å². The Kier molecular flexibility index (Phi) is 2.25. The molecule has 2 fully saturated rings. The molecule has 0 bridgehead atoms. The zero-order valence-electron chi connectivity index (χ0n) is 9.55. The van der Waals surface area contributed by atoms with Gasteiger partial charge in [-0.2, -0.15) is 0 Å². The van der Waals surface area contributed by atoms with E-state index in [1.165, 1.54) is 19.5 Å². The van der Waals surface area contributed by atoms with Crippen molar-refractivity contribution in [2.45, 2.75) is 0 Å². The number of carbonyl (C=O) groups excluding carboxylic acids is 1. The van der Waals surface area contributed by atoms with Crippen LogP contribution < -0.4 is 4.90 Å². The molecular formula is C11H13N3O3. The summed E-state index contributed by atoms with van der Waals surface area (Å²) in [5.74, 6) is 0.249. The third-order valence-electron chi connectivity index (χ3n) is 3.21. The van der Waals surface area contributed by atoms with Gasteiger partial charge in [-0.05, 0) is 0 Å². The molecule has 6 heteroatoms. The highest BCUT2D eigenvalue weighted by atomic mass is 16.5. The number of anilines is 1. The quantitative estimate of drug-likeness (QED) is 0.677. The van der Waals surface area contributed by atoms with Gasteiger partial charge < -0.3 is 14.4 Å². The summed E-state index contributed by atoms with van der Waals surface area (Å²) in [7, 11) is 1.34. The lowest BCUT2D eigenvalue weighted by molar-refractivity contribution is -0.127. The van der Waals surface area contributed by atoms with E-state index in [9.17, 15) is 4.79 Å². The van der Waals surface area contributed by atoms with Gasteiger partial charge in [-0.3, -0.25) is 0 Å². The molecule has 3 rings (SSSR count). The molecule has 0 atom stereocenters. The van der Waals surface area contributed by atoms with E-state index in [1.807, 2.05) is 0 Å². The summed E-state index contributed by atoms with van der Waals surface area (Å²) in [5, 5.41) is 0. The highest BCUT2D eigenvalue weighted by molar-refractivity contribution is 5.88. The Morgan fingerprint density at radius 2 is 2.06 bits per heavy atom. The van der Waals surface area contributed by atoms with Crippen LogP contribution in [-0.2, 0) is 9.47 Å². The first-order valence-electron chi connectivity index (χ1n) is 5.46. The molecule has 6 nitrogen and oxygen atoms in total. The van der Waals surface area contributed by atoms with Crippen molar-refractivity contribution in [3.05, 3.63) is 18.0 Å². The van der Waals surface area contributed by atoms with Crippen LogP contribution in [0.3, 0.4) is 0 Å². The number of hydrogen-bond acceptors (Lipinski definition) is 6. The van der Waals surface area contributed by atoms with Crippen LogP contribution >= 0.6 is 0 Å². The van der Waals surface area contributed by atoms with E-state index in [0.717, 1.165) is 26.3 Å². The van der Waals surface area contributed by atoms with Crippen LogP contribution in [-0.4, -0.2) is 49.4 Å². The van der Waals surface area contributed by atoms with Gasteiger partial charge in [0.05, 0.1) is 31.3 Å². The predicted octanol–water partition coefficient (Wildman–Crippen LogP) is 0.0998. The van der Waals surface area contributed by atoms with Crippen molar-refractivity contribution in [2.75, 3.05) is 38.3 Å². The molecule has 0 unspecified atom stereocenters. The molecule has 0 saturated carbocycles. The minimum atomic E-state index is -0.413. The monoisotopic (exact) mass is 235 g/mol. The van der Waals surface area contributed by atoms with Gasteiger partial charge in [-0.25, -0.2) is 14.8 Å². The smallest absolute Gasteiger partial charge is 0.341 e. The van der Waals surface area contributed by atoms with Crippen molar-refractivity contribution < 1.29 is 14.3 Å². The van der Waals surface area contributed by atoms with Crippen molar-refractivity contribution in [2.24, 2.45) is 5.41 Å². The predicted molar refractivity (Wildman–Crippen MR) is 58.8 cm³/mol. The Hall–Kier alpha value is -1.69. The number of ether oxygens (including phenoxy) is 2. The largest absolute Gasteiger partial charge is 0.465 e. The third-order valence-corrected chi connectivity index (χ3v) is 3.21. The van der Waals surface area contributed by atoms with E-state index in [4.69, 9.17) is 4.74 Å². The Bertz CT molecular complexity index is 434. The van der Waals surface area contributed by atoms with E-state index in [-0.39, 0.29) is 0 Å². The number of hydrogen-bond donors (Lipinski definition) is 0. The molecule has 90 valence electrons. The van der Waals surface area contributed by atoms with Crippen LogP contribution in [0.5, 0.6) is 0 Å². The van der Waals surface area contributed by atoms with Gasteiger partial charge in [0, 0.05) is 25.5 Å². The van der Waals surface area contributed by atoms with Crippen molar-refractivity contribution in [3.8, 4) is 0 Å². The number of rotatable bonds is 2. The Morgan fingerprint density at radius 3 is 2.53 bits per heavy atom. The van der Waals surface area contributed by atoms with Crippen molar-refractivity contribution in [1.82, 2.24) is 9.97 Å². The second-order valence-electron chi connectivity index (χ2n) is 4.61. The molecule has 0 amide bonds. The lowest BCUT2D eigenvalue weighted by Crippen LogP contribution is -2.66. The third kappa shape index (κ3) is 1.64. The molecule has 0 aliphatic carbocycles. The topological polar surface area (TPSA) is 64.5 Å². The van der Waals surface area contributed by atoms with Crippen LogP contribution in [0.1, 0.15) is 10.4 Å². The average molecular weight is 235 g/mol. The first kappa shape index (κ1) is 10.5. The second kappa shape index (κ2) is 3.66. The van der Waals surface area contributed by atoms with Gasteiger partial charge in [0.1, 0.15) is 0 Å². The van der Waals surface area contributed by atoms with Crippen LogP contribution in [0.15, 0.2) is 12.4 Å². The molecule has 1 spiro atoms. The summed E-state index contributed by atoms with van der Waals surface area (Å²) in [5.41, 5.74) is 0.711. The maximum Gasteiger partial charge on any atom is 0.341 e. The zero-order chi connectivity index (χ0) is 11.9. The molecule has 3 heterocycles. The molecule has 2 saturated heterocycles. The van der Waals surface area contributed by atoms with Crippen LogP contribution in [0.4, 0.5) is 5.95 Å².